The quantitative estimate of drug-likeness (QED) is 0.877. The molecule has 1 aliphatic rings. The van der Waals surface area contributed by atoms with Crippen LogP contribution in [0.5, 0.6) is 0 Å². The van der Waals surface area contributed by atoms with Crippen molar-refractivity contribution in [3.8, 4) is 0 Å². The number of aryl methyl sites for hydroxylation is 2. The second kappa shape index (κ2) is 5.16. The fourth-order valence-corrected chi connectivity index (χ4v) is 2.16. The minimum absolute atomic E-state index is 0.0150. The van der Waals surface area contributed by atoms with Gasteiger partial charge in [0.1, 0.15) is 5.82 Å². The molecule has 0 bridgehead atoms. The lowest BCUT2D eigenvalue weighted by Crippen LogP contribution is -2.34. The largest absolute Gasteiger partial charge is 0.481 e. The standard InChI is InChI=1S/C13H16N2O3/c1-9(16)15-8-2-3-10-4-5-11(14-13(10)15)6-7-12(17)18/h4-5H,2-3,6-8H2,1H3,(H,17,18). The lowest BCUT2D eigenvalue weighted by atomic mass is 10.0. The molecule has 2 rings (SSSR count). The number of aromatic nitrogens is 1. The summed E-state index contributed by atoms with van der Waals surface area (Å²) in [5.74, 6) is -0.145. The highest BCUT2D eigenvalue weighted by molar-refractivity contribution is 5.91. The molecule has 0 saturated heterocycles. The molecule has 0 aliphatic carbocycles. The maximum atomic E-state index is 11.5. The average molecular weight is 248 g/mol. The number of amides is 1. The maximum absolute atomic E-state index is 11.5. The highest BCUT2D eigenvalue weighted by Crippen LogP contribution is 2.25. The molecule has 96 valence electrons. The van der Waals surface area contributed by atoms with Gasteiger partial charge in [0.15, 0.2) is 0 Å². The summed E-state index contributed by atoms with van der Waals surface area (Å²) in [5.41, 5.74) is 1.79. The predicted molar refractivity (Wildman–Crippen MR) is 66.5 cm³/mol. The molecule has 0 saturated carbocycles. The van der Waals surface area contributed by atoms with Crippen molar-refractivity contribution in [2.45, 2.75) is 32.6 Å². The van der Waals surface area contributed by atoms with Gasteiger partial charge in [-0.1, -0.05) is 6.07 Å². The third-order valence-electron chi connectivity index (χ3n) is 3.07. The molecule has 0 unspecified atom stereocenters. The van der Waals surface area contributed by atoms with Crippen molar-refractivity contribution in [1.29, 1.82) is 0 Å². The molecule has 1 aromatic rings. The predicted octanol–water partition coefficient (Wildman–Crippen LogP) is 1.40. The number of carbonyl (C=O) groups is 2. The Hall–Kier alpha value is -1.91. The van der Waals surface area contributed by atoms with Crippen molar-refractivity contribution in [2.75, 3.05) is 11.4 Å². The first-order chi connectivity index (χ1) is 8.58. The van der Waals surface area contributed by atoms with Crippen LogP contribution in [0.25, 0.3) is 0 Å². The molecule has 0 aromatic carbocycles. The second-order valence-corrected chi connectivity index (χ2v) is 4.45. The first-order valence-electron chi connectivity index (χ1n) is 6.06. The molecule has 1 aromatic heterocycles. The van der Waals surface area contributed by atoms with Gasteiger partial charge in [-0.25, -0.2) is 4.98 Å². The van der Waals surface area contributed by atoms with E-state index in [2.05, 4.69) is 4.98 Å². The van der Waals surface area contributed by atoms with Crippen LogP contribution in [-0.2, 0) is 22.4 Å². The van der Waals surface area contributed by atoms with E-state index in [1.807, 2.05) is 12.1 Å². The van der Waals surface area contributed by atoms with Gasteiger partial charge in [0.2, 0.25) is 5.91 Å². The topological polar surface area (TPSA) is 70.5 Å². The van der Waals surface area contributed by atoms with E-state index in [1.54, 1.807) is 4.90 Å². The number of anilines is 1. The normalized spacial score (nSPS) is 14.2. The van der Waals surface area contributed by atoms with Crippen molar-refractivity contribution < 1.29 is 14.7 Å². The van der Waals surface area contributed by atoms with E-state index in [1.165, 1.54) is 6.92 Å². The first kappa shape index (κ1) is 12.5. The summed E-state index contributed by atoms with van der Waals surface area (Å²) >= 11 is 0. The molecular formula is C13H16N2O3. The molecule has 5 nitrogen and oxygen atoms in total. The van der Waals surface area contributed by atoms with Gasteiger partial charge >= 0.3 is 5.97 Å². The van der Waals surface area contributed by atoms with Crippen LogP contribution in [0.4, 0.5) is 5.82 Å². The number of carbonyl (C=O) groups excluding carboxylic acids is 1. The van der Waals surface area contributed by atoms with Crippen LogP contribution >= 0.6 is 0 Å². The average Bonchev–Trinajstić information content (AvgIpc) is 2.35. The molecule has 0 radical (unpaired) electrons. The highest BCUT2D eigenvalue weighted by Gasteiger charge is 2.21. The van der Waals surface area contributed by atoms with Gasteiger partial charge in [-0.05, 0) is 24.5 Å². The number of aliphatic carboxylic acids is 1. The van der Waals surface area contributed by atoms with Crippen molar-refractivity contribution in [3.63, 3.8) is 0 Å². The Balaban J connectivity index is 2.25. The number of fused-ring (bicyclic) bond motifs is 1. The maximum Gasteiger partial charge on any atom is 0.303 e. The Kier molecular flexibility index (Phi) is 3.60. The van der Waals surface area contributed by atoms with Crippen molar-refractivity contribution in [1.82, 2.24) is 4.98 Å². The highest BCUT2D eigenvalue weighted by atomic mass is 16.4. The van der Waals surface area contributed by atoms with E-state index >= 15 is 0 Å². The fraction of sp³-hybridized carbons (Fsp3) is 0.462. The minimum atomic E-state index is -0.835. The SMILES string of the molecule is CC(=O)N1CCCc2ccc(CCC(=O)O)nc21. The van der Waals surface area contributed by atoms with E-state index in [0.29, 0.717) is 18.8 Å². The Labute approximate surface area is 105 Å². The van der Waals surface area contributed by atoms with Gasteiger partial charge in [-0.15, -0.1) is 0 Å². The molecule has 1 aliphatic heterocycles. The number of hydrogen-bond donors (Lipinski definition) is 1. The van der Waals surface area contributed by atoms with Gasteiger partial charge < -0.3 is 5.11 Å². The van der Waals surface area contributed by atoms with Crippen LogP contribution in [-0.4, -0.2) is 28.5 Å². The summed E-state index contributed by atoms with van der Waals surface area (Å²) in [4.78, 5) is 28.2. The van der Waals surface area contributed by atoms with Crippen molar-refractivity contribution in [3.05, 3.63) is 23.4 Å². The van der Waals surface area contributed by atoms with E-state index in [-0.39, 0.29) is 12.3 Å². The van der Waals surface area contributed by atoms with E-state index in [9.17, 15) is 9.59 Å². The Morgan fingerprint density at radius 3 is 2.89 bits per heavy atom. The Bertz CT molecular complexity index is 485. The first-order valence-corrected chi connectivity index (χ1v) is 6.06. The van der Waals surface area contributed by atoms with Crippen molar-refractivity contribution in [2.24, 2.45) is 0 Å². The van der Waals surface area contributed by atoms with Crippen LogP contribution in [0, 0.1) is 0 Å². The summed E-state index contributed by atoms with van der Waals surface area (Å²) in [5, 5.41) is 8.66. The molecular weight excluding hydrogens is 232 g/mol. The van der Waals surface area contributed by atoms with E-state index in [4.69, 9.17) is 5.11 Å². The number of hydrogen-bond acceptors (Lipinski definition) is 3. The number of nitrogens with zero attached hydrogens (tertiary/aromatic N) is 2. The summed E-state index contributed by atoms with van der Waals surface area (Å²) in [6.07, 6.45) is 2.33. The van der Waals surface area contributed by atoms with Crippen LogP contribution in [0.2, 0.25) is 0 Å². The molecule has 5 heteroatoms. The van der Waals surface area contributed by atoms with Gasteiger partial charge in [0, 0.05) is 25.6 Å². The van der Waals surface area contributed by atoms with E-state index in [0.717, 1.165) is 24.1 Å². The third kappa shape index (κ3) is 2.67. The van der Waals surface area contributed by atoms with E-state index < -0.39 is 5.97 Å². The van der Waals surface area contributed by atoms with Crippen LogP contribution in [0.1, 0.15) is 31.0 Å². The van der Waals surface area contributed by atoms with Gasteiger partial charge in [0.25, 0.3) is 0 Å². The molecule has 1 amide bonds. The lowest BCUT2D eigenvalue weighted by molar-refractivity contribution is -0.137. The smallest absolute Gasteiger partial charge is 0.303 e. The summed E-state index contributed by atoms with van der Waals surface area (Å²) in [6, 6.07) is 3.81. The number of carboxylic acid groups (broad SMARTS) is 1. The van der Waals surface area contributed by atoms with Crippen LogP contribution in [0.3, 0.4) is 0 Å². The Morgan fingerprint density at radius 1 is 1.44 bits per heavy atom. The molecule has 0 spiro atoms. The molecule has 1 N–H and O–H groups in total. The van der Waals surface area contributed by atoms with Gasteiger partial charge in [-0.2, -0.15) is 0 Å². The van der Waals surface area contributed by atoms with Crippen LogP contribution < -0.4 is 4.90 Å². The summed E-state index contributed by atoms with van der Waals surface area (Å²) in [6.45, 7) is 2.22. The monoisotopic (exact) mass is 248 g/mol. The zero-order valence-corrected chi connectivity index (χ0v) is 10.3. The third-order valence-corrected chi connectivity index (χ3v) is 3.07. The Morgan fingerprint density at radius 2 is 2.22 bits per heavy atom. The summed E-state index contributed by atoms with van der Waals surface area (Å²) in [7, 11) is 0. The second-order valence-electron chi connectivity index (χ2n) is 4.45. The summed E-state index contributed by atoms with van der Waals surface area (Å²) < 4.78 is 0. The zero-order chi connectivity index (χ0) is 13.1. The number of pyridine rings is 1. The van der Waals surface area contributed by atoms with Gasteiger partial charge in [-0.3, -0.25) is 14.5 Å². The van der Waals surface area contributed by atoms with Crippen LogP contribution in [0.15, 0.2) is 12.1 Å². The fourth-order valence-electron chi connectivity index (χ4n) is 2.16. The number of rotatable bonds is 3. The minimum Gasteiger partial charge on any atom is -0.481 e. The lowest BCUT2D eigenvalue weighted by Gasteiger charge is -2.27. The molecule has 0 atom stereocenters. The molecule has 0 fully saturated rings. The zero-order valence-electron chi connectivity index (χ0n) is 10.3. The number of carboxylic acids is 1. The molecule has 18 heavy (non-hydrogen) atoms. The van der Waals surface area contributed by atoms with Gasteiger partial charge in [0.05, 0.1) is 6.42 Å². The molecule has 2 heterocycles. The van der Waals surface area contributed by atoms with Crippen molar-refractivity contribution >= 4 is 17.7 Å².